The van der Waals surface area contributed by atoms with Crippen molar-refractivity contribution >= 4 is 0 Å². The van der Waals surface area contributed by atoms with E-state index in [-0.39, 0.29) is 17.6 Å². The minimum atomic E-state index is 0. The van der Waals surface area contributed by atoms with Crippen molar-refractivity contribution in [2.24, 2.45) is 5.73 Å². The van der Waals surface area contributed by atoms with Crippen molar-refractivity contribution in [2.45, 2.75) is 0 Å². The van der Waals surface area contributed by atoms with Crippen molar-refractivity contribution in [3.63, 3.8) is 0 Å². The van der Waals surface area contributed by atoms with E-state index in [0.717, 1.165) is 0 Å². The lowest BCUT2D eigenvalue weighted by Gasteiger charge is -1.71. The number of aliphatic hydroxyl groups is 1. The highest BCUT2D eigenvalue weighted by atomic mass is 16.3. The standard InChI is InChI=1S/C2H7NO.2H2O/c3-1-2-4;;/h4H,1-3H2;2*1H2. The van der Waals surface area contributed by atoms with Gasteiger partial charge in [-0.15, -0.1) is 0 Å². The van der Waals surface area contributed by atoms with E-state index in [0.29, 0.717) is 6.54 Å². The summed E-state index contributed by atoms with van der Waals surface area (Å²) >= 11 is 0. The van der Waals surface area contributed by atoms with Crippen LogP contribution in [0.15, 0.2) is 0 Å². The van der Waals surface area contributed by atoms with Crippen LogP contribution in [0.3, 0.4) is 0 Å². The first-order chi connectivity index (χ1) is 1.91. The quantitative estimate of drug-likeness (QED) is 0.371. The van der Waals surface area contributed by atoms with E-state index in [9.17, 15) is 0 Å². The molecule has 0 saturated carbocycles. The van der Waals surface area contributed by atoms with Crippen molar-refractivity contribution in [3.8, 4) is 0 Å². The van der Waals surface area contributed by atoms with Gasteiger partial charge in [-0.3, -0.25) is 0 Å². The van der Waals surface area contributed by atoms with Gasteiger partial charge in [-0.1, -0.05) is 0 Å². The summed E-state index contributed by atoms with van der Waals surface area (Å²) in [7, 11) is 0. The Morgan fingerprint density at radius 3 is 1.50 bits per heavy atom. The SMILES string of the molecule is NCCO.O.O. The molecule has 0 amide bonds. The number of hydrogen-bond donors (Lipinski definition) is 2. The highest BCUT2D eigenvalue weighted by Crippen LogP contribution is 1.33. The van der Waals surface area contributed by atoms with E-state index in [4.69, 9.17) is 10.8 Å². The van der Waals surface area contributed by atoms with Gasteiger partial charge in [-0.25, -0.2) is 0 Å². The van der Waals surface area contributed by atoms with E-state index in [1.807, 2.05) is 0 Å². The molecule has 6 heavy (non-hydrogen) atoms. The Morgan fingerprint density at radius 2 is 1.50 bits per heavy atom. The molecule has 0 spiro atoms. The number of aliphatic hydroxyl groups excluding tert-OH is 1. The summed E-state index contributed by atoms with van der Waals surface area (Å²) in [6.45, 7) is 0.472. The van der Waals surface area contributed by atoms with E-state index in [1.165, 1.54) is 0 Å². The summed E-state index contributed by atoms with van der Waals surface area (Å²) in [6, 6.07) is 0. The largest absolute Gasteiger partial charge is 0.412 e. The van der Waals surface area contributed by atoms with Gasteiger partial charge in [0.25, 0.3) is 0 Å². The summed E-state index contributed by atoms with van der Waals surface area (Å²) < 4.78 is 0. The van der Waals surface area contributed by atoms with Crippen LogP contribution in [0, 0.1) is 0 Å². The van der Waals surface area contributed by atoms with E-state index in [2.05, 4.69) is 0 Å². The lowest BCUT2D eigenvalue weighted by molar-refractivity contribution is 0.306. The predicted molar refractivity (Wildman–Crippen MR) is 23.4 cm³/mol. The van der Waals surface area contributed by atoms with E-state index < -0.39 is 0 Å². The fourth-order valence-electron chi connectivity index (χ4n) is 0. The molecule has 0 atom stereocenters. The Bertz CT molecular complexity index is 10.8. The Kier molecular flexibility index (Phi) is 59.6. The Morgan fingerprint density at radius 1 is 1.33 bits per heavy atom. The van der Waals surface area contributed by atoms with Gasteiger partial charge in [-0.05, 0) is 0 Å². The van der Waals surface area contributed by atoms with Gasteiger partial charge in [0, 0.05) is 6.54 Å². The fourth-order valence-corrected chi connectivity index (χ4v) is 0. The Hall–Kier alpha value is -0.160. The molecule has 0 saturated heterocycles. The average Bonchev–Trinajstić information content (AvgIpc) is 1.37. The summed E-state index contributed by atoms with van der Waals surface area (Å²) in [5, 5.41) is 7.75. The second kappa shape index (κ2) is 21.1. The normalized spacial score (nSPS) is 5.00. The van der Waals surface area contributed by atoms with Crippen LogP contribution in [0.5, 0.6) is 0 Å². The van der Waals surface area contributed by atoms with E-state index in [1.54, 1.807) is 0 Å². The van der Waals surface area contributed by atoms with Gasteiger partial charge in [0.05, 0.1) is 6.61 Å². The summed E-state index contributed by atoms with van der Waals surface area (Å²) in [4.78, 5) is 0. The molecule has 0 fully saturated rings. The summed E-state index contributed by atoms with van der Waals surface area (Å²) in [5.41, 5.74) is 4.78. The molecule has 7 N–H and O–H groups in total. The van der Waals surface area contributed by atoms with Gasteiger partial charge in [0.15, 0.2) is 0 Å². The topological polar surface area (TPSA) is 109 Å². The van der Waals surface area contributed by atoms with Crippen LogP contribution in [0.1, 0.15) is 0 Å². The van der Waals surface area contributed by atoms with Gasteiger partial charge in [0.2, 0.25) is 0 Å². The highest BCUT2D eigenvalue weighted by molar-refractivity contribution is 4.17. The molecule has 42 valence electrons. The van der Waals surface area contributed by atoms with Crippen LogP contribution in [0.2, 0.25) is 0 Å². The zero-order valence-electron chi connectivity index (χ0n) is 3.44. The lowest BCUT2D eigenvalue weighted by atomic mass is 10.8. The van der Waals surface area contributed by atoms with Gasteiger partial charge in [-0.2, -0.15) is 0 Å². The molecule has 0 aromatic rings. The molecule has 0 aliphatic rings. The van der Waals surface area contributed by atoms with Crippen molar-refractivity contribution in [3.05, 3.63) is 0 Å². The van der Waals surface area contributed by atoms with Gasteiger partial charge in [0.1, 0.15) is 0 Å². The number of hydrogen-bond acceptors (Lipinski definition) is 2. The maximum Gasteiger partial charge on any atom is 0.0553 e. The maximum atomic E-state index is 7.75. The summed E-state index contributed by atoms with van der Waals surface area (Å²) in [6.07, 6.45) is 0. The van der Waals surface area contributed by atoms with Crippen LogP contribution in [0.25, 0.3) is 0 Å². The second-order valence-corrected chi connectivity index (χ2v) is 0.512. The van der Waals surface area contributed by atoms with Gasteiger partial charge < -0.3 is 21.8 Å². The summed E-state index contributed by atoms with van der Waals surface area (Å²) in [5.74, 6) is 0. The van der Waals surface area contributed by atoms with Crippen molar-refractivity contribution in [1.29, 1.82) is 0 Å². The molecule has 0 aliphatic carbocycles. The number of rotatable bonds is 1. The maximum absolute atomic E-state index is 7.75. The smallest absolute Gasteiger partial charge is 0.0553 e. The molecule has 0 aromatic carbocycles. The lowest BCUT2D eigenvalue weighted by Crippen LogP contribution is -2.02. The second-order valence-electron chi connectivity index (χ2n) is 0.512. The first kappa shape index (κ1) is 17.0. The van der Waals surface area contributed by atoms with Crippen molar-refractivity contribution in [1.82, 2.24) is 0 Å². The average molecular weight is 97.1 g/mol. The molecule has 0 rings (SSSR count). The van der Waals surface area contributed by atoms with Crippen molar-refractivity contribution < 1.29 is 16.1 Å². The minimum Gasteiger partial charge on any atom is -0.412 e. The third-order valence-corrected chi connectivity index (χ3v) is 0.129. The van der Waals surface area contributed by atoms with Crippen LogP contribution < -0.4 is 5.73 Å². The third kappa shape index (κ3) is 43.9. The molecular formula is C2H11NO3. The zero-order valence-corrected chi connectivity index (χ0v) is 3.44. The van der Waals surface area contributed by atoms with Crippen LogP contribution in [-0.4, -0.2) is 29.2 Å². The zero-order chi connectivity index (χ0) is 3.41. The first-order valence-electron chi connectivity index (χ1n) is 1.22. The Balaban J connectivity index is -0.0000000450. The molecule has 4 heteroatoms. The Labute approximate surface area is 36.2 Å². The van der Waals surface area contributed by atoms with Crippen molar-refractivity contribution in [2.75, 3.05) is 13.2 Å². The van der Waals surface area contributed by atoms with Gasteiger partial charge >= 0.3 is 0 Å². The monoisotopic (exact) mass is 97.1 g/mol. The molecule has 0 aromatic heterocycles. The molecule has 0 aliphatic heterocycles. The molecule has 4 nitrogen and oxygen atoms in total. The third-order valence-electron chi connectivity index (χ3n) is 0.129. The van der Waals surface area contributed by atoms with E-state index >= 15 is 0 Å². The molecule has 0 heterocycles. The highest BCUT2D eigenvalue weighted by Gasteiger charge is 1.56. The predicted octanol–water partition coefficient (Wildman–Crippen LogP) is -2.71. The first-order valence-corrected chi connectivity index (χ1v) is 1.22. The molecule has 0 radical (unpaired) electrons. The molecular weight excluding hydrogens is 86.0 g/mol. The molecule has 0 unspecified atom stereocenters. The van der Waals surface area contributed by atoms with Crippen LogP contribution >= 0.6 is 0 Å². The fraction of sp³-hybridized carbons (Fsp3) is 1.00. The van der Waals surface area contributed by atoms with Crippen LogP contribution in [0.4, 0.5) is 0 Å². The minimum absolute atomic E-state index is 0. The van der Waals surface area contributed by atoms with Crippen LogP contribution in [-0.2, 0) is 0 Å². The molecule has 0 bridgehead atoms. The number of nitrogens with two attached hydrogens (primary N) is 1.